The van der Waals surface area contributed by atoms with Crippen LogP contribution >= 0.6 is 0 Å². The van der Waals surface area contributed by atoms with Crippen molar-refractivity contribution >= 4 is 11.8 Å². The minimum atomic E-state index is -0.502. The third-order valence-corrected chi connectivity index (χ3v) is 4.41. The van der Waals surface area contributed by atoms with Gasteiger partial charge in [0.25, 0.3) is 5.91 Å². The number of halogens is 1. The predicted molar refractivity (Wildman–Crippen MR) is 108 cm³/mol. The lowest BCUT2D eigenvalue weighted by molar-refractivity contribution is 0.0752. The Bertz CT molecular complexity index is 1000. The lowest BCUT2D eigenvalue weighted by Crippen LogP contribution is -2.30. The van der Waals surface area contributed by atoms with Crippen molar-refractivity contribution in [3.63, 3.8) is 0 Å². The molecule has 0 atom stereocenters. The van der Waals surface area contributed by atoms with E-state index in [4.69, 9.17) is 10.5 Å². The van der Waals surface area contributed by atoms with Crippen LogP contribution in [-0.4, -0.2) is 23.3 Å². The lowest BCUT2D eigenvalue weighted by Gasteiger charge is -2.21. The van der Waals surface area contributed by atoms with Gasteiger partial charge in [0, 0.05) is 24.2 Å². The number of ether oxygens (including phenoxy) is 1. The van der Waals surface area contributed by atoms with Crippen molar-refractivity contribution in [3.8, 4) is 11.5 Å². The first-order valence-corrected chi connectivity index (χ1v) is 9.17. The Labute approximate surface area is 168 Å². The highest BCUT2D eigenvalue weighted by molar-refractivity contribution is 5.94. The largest absolute Gasteiger partial charge is 0.457 e. The van der Waals surface area contributed by atoms with Crippen molar-refractivity contribution < 1.29 is 18.7 Å². The molecule has 29 heavy (non-hydrogen) atoms. The molecule has 0 fully saturated rings. The summed E-state index contributed by atoms with van der Waals surface area (Å²) < 4.78 is 19.1. The van der Waals surface area contributed by atoms with E-state index in [1.54, 1.807) is 65.6 Å². The summed E-state index contributed by atoms with van der Waals surface area (Å²) in [5.41, 5.74) is 6.87. The highest BCUT2D eigenvalue weighted by Gasteiger charge is 2.15. The summed E-state index contributed by atoms with van der Waals surface area (Å²) in [6.45, 7) is 2.71. The Morgan fingerprint density at radius 1 is 0.931 bits per heavy atom. The van der Waals surface area contributed by atoms with Gasteiger partial charge in [-0.1, -0.05) is 12.1 Å². The van der Waals surface area contributed by atoms with Crippen LogP contribution in [0, 0.1) is 5.82 Å². The first-order valence-electron chi connectivity index (χ1n) is 9.17. The molecule has 3 aromatic carbocycles. The summed E-state index contributed by atoms with van der Waals surface area (Å²) in [4.78, 5) is 25.5. The molecular formula is C23H21FN2O3. The molecule has 0 aliphatic heterocycles. The molecule has 6 heteroatoms. The van der Waals surface area contributed by atoms with Crippen LogP contribution in [0.3, 0.4) is 0 Å². The Kier molecular flexibility index (Phi) is 6.24. The third-order valence-electron chi connectivity index (χ3n) is 4.41. The maximum atomic E-state index is 13.4. The minimum absolute atomic E-state index is 0.144. The van der Waals surface area contributed by atoms with Crippen LogP contribution in [0.4, 0.5) is 4.39 Å². The van der Waals surface area contributed by atoms with E-state index < -0.39 is 5.91 Å². The van der Waals surface area contributed by atoms with Gasteiger partial charge < -0.3 is 15.4 Å². The molecule has 0 heterocycles. The molecule has 0 bridgehead atoms. The van der Waals surface area contributed by atoms with E-state index in [9.17, 15) is 14.0 Å². The smallest absolute Gasteiger partial charge is 0.254 e. The zero-order chi connectivity index (χ0) is 20.8. The first kappa shape index (κ1) is 20.1. The van der Waals surface area contributed by atoms with E-state index in [0.29, 0.717) is 35.7 Å². The monoisotopic (exact) mass is 392 g/mol. The predicted octanol–water partition coefficient (Wildman–Crippen LogP) is 4.38. The van der Waals surface area contributed by atoms with Crippen molar-refractivity contribution in [2.75, 3.05) is 6.54 Å². The zero-order valence-electron chi connectivity index (χ0n) is 16.0. The maximum absolute atomic E-state index is 13.4. The summed E-state index contributed by atoms with van der Waals surface area (Å²) >= 11 is 0. The van der Waals surface area contributed by atoms with Crippen molar-refractivity contribution in [3.05, 3.63) is 95.3 Å². The summed E-state index contributed by atoms with van der Waals surface area (Å²) in [5.74, 6) is 0.139. The molecule has 0 aromatic heterocycles. The summed E-state index contributed by atoms with van der Waals surface area (Å²) in [7, 11) is 0. The van der Waals surface area contributed by atoms with Gasteiger partial charge in [0.05, 0.1) is 0 Å². The van der Waals surface area contributed by atoms with Gasteiger partial charge in [0.15, 0.2) is 0 Å². The average Bonchev–Trinajstić information content (AvgIpc) is 2.72. The van der Waals surface area contributed by atoms with E-state index in [-0.39, 0.29) is 11.7 Å². The van der Waals surface area contributed by atoms with Gasteiger partial charge >= 0.3 is 0 Å². The second-order valence-electron chi connectivity index (χ2n) is 6.46. The number of benzene rings is 3. The molecule has 3 rings (SSSR count). The van der Waals surface area contributed by atoms with Crippen molar-refractivity contribution in [2.45, 2.75) is 13.5 Å². The molecule has 5 nitrogen and oxygen atoms in total. The van der Waals surface area contributed by atoms with E-state index in [1.807, 2.05) is 6.92 Å². The normalized spacial score (nSPS) is 10.4. The Balaban J connectivity index is 1.67. The van der Waals surface area contributed by atoms with Crippen LogP contribution in [0.25, 0.3) is 0 Å². The van der Waals surface area contributed by atoms with Crippen molar-refractivity contribution in [1.82, 2.24) is 4.90 Å². The molecule has 0 unspecified atom stereocenters. The molecule has 0 radical (unpaired) electrons. The fourth-order valence-electron chi connectivity index (χ4n) is 2.85. The number of nitrogens with zero attached hydrogens (tertiary/aromatic N) is 1. The second kappa shape index (κ2) is 9.01. The van der Waals surface area contributed by atoms with Crippen LogP contribution in [0.15, 0.2) is 72.8 Å². The van der Waals surface area contributed by atoms with E-state index >= 15 is 0 Å². The fourth-order valence-corrected chi connectivity index (χ4v) is 2.85. The number of rotatable bonds is 7. The highest BCUT2D eigenvalue weighted by Crippen LogP contribution is 2.23. The van der Waals surface area contributed by atoms with E-state index in [1.165, 1.54) is 12.1 Å². The number of hydrogen-bond acceptors (Lipinski definition) is 3. The fraction of sp³-hybridized carbons (Fsp3) is 0.130. The summed E-state index contributed by atoms with van der Waals surface area (Å²) in [6.07, 6.45) is 0. The number of hydrogen-bond donors (Lipinski definition) is 1. The summed E-state index contributed by atoms with van der Waals surface area (Å²) in [6, 6.07) is 19.5. The molecule has 0 aliphatic rings. The highest BCUT2D eigenvalue weighted by atomic mass is 19.1. The van der Waals surface area contributed by atoms with Crippen LogP contribution in [0.1, 0.15) is 33.2 Å². The Morgan fingerprint density at radius 2 is 1.52 bits per heavy atom. The average molecular weight is 392 g/mol. The van der Waals surface area contributed by atoms with Gasteiger partial charge in [-0.15, -0.1) is 0 Å². The molecular weight excluding hydrogens is 371 g/mol. The Hall–Kier alpha value is -3.67. The van der Waals surface area contributed by atoms with Crippen molar-refractivity contribution in [2.24, 2.45) is 5.73 Å². The SMILES string of the molecule is CCN(Cc1cccc(F)c1)C(=O)c1ccc(Oc2ccc(C(N)=O)cc2)cc1. The Morgan fingerprint density at radius 3 is 2.03 bits per heavy atom. The molecule has 148 valence electrons. The minimum Gasteiger partial charge on any atom is -0.457 e. The van der Waals surface area contributed by atoms with E-state index in [2.05, 4.69) is 0 Å². The van der Waals surface area contributed by atoms with Gasteiger partial charge in [0.2, 0.25) is 5.91 Å². The standard InChI is InChI=1S/C23H21FN2O3/c1-2-26(15-16-4-3-5-19(24)14-16)23(28)18-8-12-21(13-9-18)29-20-10-6-17(7-11-20)22(25)27/h3-14H,2,15H2,1H3,(H2,25,27). The lowest BCUT2D eigenvalue weighted by atomic mass is 10.1. The number of carbonyl (C=O) groups is 2. The molecule has 0 spiro atoms. The zero-order valence-corrected chi connectivity index (χ0v) is 16.0. The van der Waals surface area contributed by atoms with Crippen LogP contribution in [0.5, 0.6) is 11.5 Å². The van der Waals surface area contributed by atoms with Crippen LogP contribution < -0.4 is 10.5 Å². The van der Waals surface area contributed by atoms with Gasteiger partial charge in [-0.25, -0.2) is 4.39 Å². The molecule has 2 N–H and O–H groups in total. The number of nitrogens with two attached hydrogens (primary N) is 1. The van der Waals surface area contributed by atoms with Gasteiger partial charge in [-0.2, -0.15) is 0 Å². The van der Waals surface area contributed by atoms with Crippen LogP contribution in [0.2, 0.25) is 0 Å². The molecule has 0 saturated carbocycles. The number of primary amides is 1. The van der Waals surface area contributed by atoms with Crippen LogP contribution in [-0.2, 0) is 6.54 Å². The molecule has 0 aliphatic carbocycles. The van der Waals surface area contributed by atoms with Gasteiger partial charge in [-0.3, -0.25) is 9.59 Å². The van der Waals surface area contributed by atoms with Gasteiger partial charge in [0.1, 0.15) is 17.3 Å². The topological polar surface area (TPSA) is 72.6 Å². The molecule has 2 amide bonds. The number of amides is 2. The number of carbonyl (C=O) groups excluding carboxylic acids is 2. The molecule has 3 aromatic rings. The van der Waals surface area contributed by atoms with Gasteiger partial charge in [-0.05, 0) is 73.2 Å². The quantitative estimate of drug-likeness (QED) is 0.649. The second-order valence-corrected chi connectivity index (χ2v) is 6.46. The van der Waals surface area contributed by atoms with E-state index in [0.717, 1.165) is 5.56 Å². The first-order chi connectivity index (χ1) is 14.0. The third kappa shape index (κ3) is 5.19. The summed E-state index contributed by atoms with van der Waals surface area (Å²) in [5, 5.41) is 0. The van der Waals surface area contributed by atoms with Crippen molar-refractivity contribution in [1.29, 1.82) is 0 Å². The maximum Gasteiger partial charge on any atom is 0.254 e. The molecule has 0 saturated heterocycles.